The number of hydrogen-bond acceptors (Lipinski definition) is 7. The van der Waals surface area contributed by atoms with Gasteiger partial charge >= 0.3 is 0 Å². The summed E-state index contributed by atoms with van der Waals surface area (Å²) >= 11 is 0. The monoisotopic (exact) mass is 409 g/mol. The van der Waals surface area contributed by atoms with Crippen molar-refractivity contribution in [3.8, 4) is 5.88 Å². The van der Waals surface area contributed by atoms with Gasteiger partial charge in [0.1, 0.15) is 6.61 Å². The SMILES string of the molecule is CC(C)(O)COc1cc(N2CCOCC2)cc(/C=N/Nc2c[nH]c3ccccc23)n1. The Hall–Kier alpha value is -3.10. The summed E-state index contributed by atoms with van der Waals surface area (Å²) in [6.07, 6.45) is 3.56. The van der Waals surface area contributed by atoms with Crippen LogP contribution in [0.4, 0.5) is 11.4 Å². The number of para-hydroxylation sites is 1. The number of hydrazone groups is 1. The van der Waals surface area contributed by atoms with Crippen LogP contribution in [0.2, 0.25) is 0 Å². The summed E-state index contributed by atoms with van der Waals surface area (Å²) in [5, 5.41) is 15.4. The second-order valence-corrected chi connectivity index (χ2v) is 7.91. The standard InChI is InChI=1S/C22H27N5O3/c1-22(2,28)15-30-21-12-17(27-7-9-29-10-8-27)11-16(25-21)13-24-26-20-14-23-19-6-4-3-5-18(19)20/h3-6,11-14,23,26,28H,7-10,15H2,1-2H3/b24-13+. The summed E-state index contributed by atoms with van der Waals surface area (Å²) in [5.41, 5.74) is 5.73. The summed E-state index contributed by atoms with van der Waals surface area (Å²) in [6.45, 7) is 6.54. The van der Waals surface area contributed by atoms with Crippen molar-refractivity contribution in [2.45, 2.75) is 19.4 Å². The number of fused-ring (bicyclic) bond motifs is 1. The fraction of sp³-hybridized carbons (Fsp3) is 0.364. The van der Waals surface area contributed by atoms with Crippen molar-refractivity contribution >= 4 is 28.5 Å². The summed E-state index contributed by atoms with van der Waals surface area (Å²) in [5.74, 6) is 0.453. The van der Waals surface area contributed by atoms with Crippen LogP contribution in [0.25, 0.3) is 10.9 Å². The molecule has 0 amide bonds. The first kappa shape index (κ1) is 20.2. The van der Waals surface area contributed by atoms with Crippen LogP contribution in [0.1, 0.15) is 19.5 Å². The zero-order valence-corrected chi connectivity index (χ0v) is 17.3. The highest BCUT2D eigenvalue weighted by Gasteiger charge is 2.17. The maximum atomic E-state index is 9.98. The van der Waals surface area contributed by atoms with Crippen LogP contribution in [0.3, 0.4) is 0 Å². The third-order valence-corrected chi connectivity index (χ3v) is 4.73. The van der Waals surface area contributed by atoms with Gasteiger partial charge in [-0.05, 0) is 26.0 Å². The van der Waals surface area contributed by atoms with E-state index in [1.165, 1.54) is 0 Å². The molecule has 1 saturated heterocycles. The topological polar surface area (TPSA) is 95.0 Å². The molecule has 3 aromatic rings. The number of H-pyrrole nitrogens is 1. The molecule has 1 fully saturated rings. The Bertz CT molecular complexity index is 1020. The van der Waals surface area contributed by atoms with Gasteiger partial charge in [0.25, 0.3) is 0 Å². The lowest BCUT2D eigenvalue weighted by Gasteiger charge is -2.29. The third kappa shape index (κ3) is 5.08. The molecule has 0 bridgehead atoms. The Labute approximate surface area is 175 Å². The van der Waals surface area contributed by atoms with E-state index in [1.807, 2.05) is 42.6 Å². The van der Waals surface area contributed by atoms with Gasteiger partial charge in [-0.2, -0.15) is 5.10 Å². The van der Waals surface area contributed by atoms with Gasteiger partial charge < -0.3 is 24.5 Å². The third-order valence-electron chi connectivity index (χ3n) is 4.73. The number of aromatic nitrogens is 2. The zero-order chi connectivity index (χ0) is 21.0. The number of anilines is 2. The summed E-state index contributed by atoms with van der Waals surface area (Å²) < 4.78 is 11.2. The minimum Gasteiger partial charge on any atom is -0.475 e. The number of ether oxygens (including phenoxy) is 2. The smallest absolute Gasteiger partial charge is 0.216 e. The molecule has 3 N–H and O–H groups in total. The predicted molar refractivity (Wildman–Crippen MR) is 119 cm³/mol. The van der Waals surface area contributed by atoms with Crippen molar-refractivity contribution in [2.24, 2.45) is 5.10 Å². The molecule has 0 unspecified atom stereocenters. The number of hydrogen-bond donors (Lipinski definition) is 3. The highest BCUT2D eigenvalue weighted by molar-refractivity contribution is 5.92. The van der Waals surface area contributed by atoms with Gasteiger partial charge in [0, 0.05) is 41.9 Å². The van der Waals surface area contributed by atoms with E-state index in [4.69, 9.17) is 9.47 Å². The van der Waals surface area contributed by atoms with Crippen molar-refractivity contribution in [2.75, 3.05) is 43.2 Å². The Morgan fingerprint density at radius 2 is 2.10 bits per heavy atom. The lowest BCUT2D eigenvalue weighted by molar-refractivity contribution is 0.0268. The van der Waals surface area contributed by atoms with E-state index in [0.717, 1.165) is 35.4 Å². The number of benzene rings is 1. The van der Waals surface area contributed by atoms with Crippen LogP contribution in [0.15, 0.2) is 47.7 Å². The number of aliphatic hydroxyl groups is 1. The van der Waals surface area contributed by atoms with Gasteiger partial charge in [0.05, 0.1) is 36.4 Å². The molecule has 0 atom stereocenters. The molecule has 0 radical (unpaired) electrons. The summed E-state index contributed by atoms with van der Waals surface area (Å²) in [7, 11) is 0. The molecular formula is C22H27N5O3. The van der Waals surface area contributed by atoms with E-state index >= 15 is 0 Å². The number of nitrogens with zero attached hydrogens (tertiary/aromatic N) is 3. The molecule has 30 heavy (non-hydrogen) atoms. The number of rotatable bonds is 7. The minimum atomic E-state index is -0.943. The molecule has 2 aromatic heterocycles. The first-order chi connectivity index (χ1) is 14.5. The molecule has 1 aliphatic heterocycles. The van der Waals surface area contributed by atoms with E-state index < -0.39 is 5.60 Å². The number of morpholine rings is 1. The van der Waals surface area contributed by atoms with Crippen LogP contribution >= 0.6 is 0 Å². The van der Waals surface area contributed by atoms with Crippen molar-refractivity contribution < 1.29 is 14.6 Å². The van der Waals surface area contributed by atoms with Gasteiger partial charge in [-0.3, -0.25) is 5.43 Å². The second-order valence-electron chi connectivity index (χ2n) is 7.91. The van der Waals surface area contributed by atoms with E-state index in [0.29, 0.717) is 24.8 Å². The zero-order valence-electron chi connectivity index (χ0n) is 17.3. The molecule has 0 saturated carbocycles. The van der Waals surface area contributed by atoms with Gasteiger partial charge in [0.2, 0.25) is 5.88 Å². The van der Waals surface area contributed by atoms with E-state index in [1.54, 1.807) is 20.1 Å². The minimum absolute atomic E-state index is 0.150. The Morgan fingerprint density at radius 1 is 1.30 bits per heavy atom. The van der Waals surface area contributed by atoms with Crippen LogP contribution in [0.5, 0.6) is 5.88 Å². The molecule has 1 aromatic carbocycles. The normalized spacial score (nSPS) is 15.1. The first-order valence-corrected chi connectivity index (χ1v) is 10.0. The van der Waals surface area contributed by atoms with E-state index in [-0.39, 0.29) is 6.61 Å². The van der Waals surface area contributed by atoms with Crippen molar-refractivity contribution in [1.82, 2.24) is 9.97 Å². The molecule has 0 aliphatic carbocycles. The van der Waals surface area contributed by atoms with Gasteiger partial charge in [0.15, 0.2) is 0 Å². The number of nitrogens with one attached hydrogen (secondary N) is 2. The van der Waals surface area contributed by atoms with E-state index in [9.17, 15) is 5.11 Å². The Morgan fingerprint density at radius 3 is 2.90 bits per heavy atom. The molecule has 8 heteroatoms. The maximum absolute atomic E-state index is 9.98. The fourth-order valence-electron chi connectivity index (χ4n) is 3.24. The molecule has 1 aliphatic rings. The predicted octanol–water partition coefficient (Wildman–Crippen LogP) is 3.00. The lowest BCUT2D eigenvalue weighted by Crippen LogP contribution is -2.36. The lowest BCUT2D eigenvalue weighted by atomic mass is 10.2. The fourth-order valence-corrected chi connectivity index (χ4v) is 3.24. The van der Waals surface area contributed by atoms with Crippen molar-refractivity contribution in [3.05, 3.63) is 48.3 Å². The van der Waals surface area contributed by atoms with Gasteiger partial charge in [-0.1, -0.05) is 18.2 Å². The van der Waals surface area contributed by atoms with Crippen molar-refractivity contribution in [3.63, 3.8) is 0 Å². The molecular weight excluding hydrogens is 382 g/mol. The second kappa shape index (κ2) is 8.73. The molecule has 0 spiro atoms. The average molecular weight is 409 g/mol. The average Bonchev–Trinajstić information content (AvgIpc) is 3.16. The van der Waals surface area contributed by atoms with Crippen LogP contribution in [-0.4, -0.2) is 59.8 Å². The first-order valence-electron chi connectivity index (χ1n) is 10.0. The number of aromatic amines is 1. The van der Waals surface area contributed by atoms with Gasteiger partial charge in [-0.25, -0.2) is 4.98 Å². The molecule has 4 rings (SSSR count). The summed E-state index contributed by atoms with van der Waals surface area (Å²) in [6, 6.07) is 11.9. The van der Waals surface area contributed by atoms with Gasteiger partial charge in [-0.15, -0.1) is 0 Å². The molecule has 8 nitrogen and oxygen atoms in total. The quantitative estimate of drug-likeness (QED) is 0.410. The largest absolute Gasteiger partial charge is 0.475 e. The van der Waals surface area contributed by atoms with Crippen LogP contribution in [0, 0.1) is 0 Å². The highest BCUT2D eigenvalue weighted by Crippen LogP contribution is 2.24. The maximum Gasteiger partial charge on any atom is 0.216 e. The van der Waals surface area contributed by atoms with Crippen molar-refractivity contribution in [1.29, 1.82) is 0 Å². The Balaban J connectivity index is 1.54. The van der Waals surface area contributed by atoms with Crippen LogP contribution in [-0.2, 0) is 4.74 Å². The Kier molecular flexibility index (Phi) is 5.87. The van der Waals surface area contributed by atoms with Crippen LogP contribution < -0.4 is 15.1 Å². The molecule has 3 heterocycles. The van der Waals surface area contributed by atoms with E-state index in [2.05, 4.69) is 25.4 Å². The summed E-state index contributed by atoms with van der Waals surface area (Å²) in [4.78, 5) is 9.97. The number of pyridine rings is 1. The molecule has 158 valence electrons. The highest BCUT2D eigenvalue weighted by atomic mass is 16.5.